The Morgan fingerprint density at radius 1 is 1.17 bits per heavy atom. The van der Waals surface area contributed by atoms with Crippen molar-refractivity contribution in [2.45, 2.75) is 38.0 Å². The number of para-hydroxylation sites is 1. The van der Waals surface area contributed by atoms with Crippen LogP contribution in [-0.4, -0.2) is 44.6 Å². The van der Waals surface area contributed by atoms with E-state index >= 15 is 0 Å². The second-order valence-corrected chi connectivity index (χ2v) is 7.40. The van der Waals surface area contributed by atoms with E-state index in [2.05, 4.69) is 10.2 Å². The second kappa shape index (κ2) is 7.97. The molecule has 3 aromatic rings. The van der Waals surface area contributed by atoms with Crippen molar-refractivity contribution in [3.05, 3.63) is 60.0 Å². The van der Waals surface area contributed by atoms with Crippen molar-refractivity contribution < 1.29 is 22.7 Å². The molecule has 6 nitrogen and oxygen atoms in total. The van der Waals surface area contributed by atoms with Crippen LogP contribution in [0.25, 0.3) is 5.65 Å². The lowest BCUT2D eigenvalue weighted by atomic mass is 9.96. The average Bonchev–Trinajstić information content (AvgIpc) is 3.17. The van der Waals surface area contributed by atoms with Gasteiger partial charge >= 0.3 is 6.18 Å². The zero-order valence-electron chi connectivity index (χ0n) is 16.3. The summed E-state index contributed by atoms with van der Waals surface area (Å²) in [5, 5.41) is 8.12. The van der Waals surface area contributed by atoms with Crippen LogP contribution in [0.2, 0.25) is 0 Å². The number of hydrogen-bond donors (Lipinski definition) is 0. The number of amides is 1. The highest BCUT2D eigenvalue weighted by Gasteiger charge is 2.33. The number of hydrogen-bond acceptors (Lipinski definition) is 4. The minimum atomic E-state index is -4.45. The molecule has 0 spiro atoms. The number of nitrogens with zero attached hydrogens (tertiary/aromatic N) is 4. The van der Waals surface area contributed by atoms with E-state index in [0.29, 0.717) is 30.3 Å². The quantitative estimate of drug-likeness (QED) is 0.644. The summed E-state index contributed by atoms with van der Waals surface area (Å²) in [6.07, 6.45) is -2.66. The van der Waals surface area contributed by atoms with Gasteiger partial charge in [0.1, 0.15) is 11.6 Å². The van der Waals surface area contributed by atoms with Gasteiger partial charge in [-0.05, 0) is 44.0 Å². The molecule has 1 aliphatic rings. The highest BCUT2D eigenvalue weighted by molar-refractivity contribution is 5.81. The monoisotopic (exact) mass is 418 g/mol. The number of carbonyl (C=O) groups excluding carboxylic acids is 1. The zero-order chi connectivity index (χ0) is 21.3. The summed E-state index contributed by atoms with van der Waals surface area (Å²) in [6, 6.07) is 11.4. The third-order valence-corrected chi connectivity index (χ3v) is 5.26. The third-order valence-electron chi connectivity index (χ3n) is 5.26. The predicted octanol–water partition coefficient (Wildman–Crippen LogP) is 3.92. The molecule has 2 unspecified atom stereocenters. The lowest BCUT2D eigenvalue weighted by Gasteiger charge is -2.33. The van der Waals surface area contributed by atoms with Gasteiger partial charge in [0.05, 0.1) is 5.56 Å². The first-order valence-corrected chi connectivity index (χ1v) is 9.75. The highest BCUT2D eigenvalue weighted by atomic mass is 19.4. The Morgan fingerprint density at radius 2 is 1.93 bits per heavy atom. The minimum absolute atomic E-state index is 0.159. The summed E-state index contributed by atoms with van der Waals surface area (Å²) >= 11 is 0. The summed E-state index contributed by atoms with van der Waals surface area (Å²) in [4.78, 5) is 14.6. The number of pyridine rings is 1. The molecule has 1 fully saturated rings. The van der Waals surface area contributed by atoms with Gasteiger partial charge in [0.15, 0.2) is 11.8 Å². The van der Waals surface area contributed by atoms with Gasteiger partial charge in [-0.25, -0.2) is 0 Å². The topological polar surface area (TPSA) is 59.7 Å². The zero-order valence-corrected chi connectivity index (χ0v) is 16.3. The Labute approximate surface area is 171 Å². The maximum atomic E-state index is 13.1. The molecule has 0 saturated carbocycles. The number of rotatable bonds is 4. The number of likely N-dealkylation sites (tertiary alicyclic amines) is 1. The van der Waals surface area contributed by atoms with Crippen molar-refractivity contribution in [2.24, 2.45) is 0 Å². The maximum Gasteiger partial charge on any atom is 0.417 e. The van der Waals surface area contributed by atoms with Gasteiger partial charge in [-0.2, -0.15) is 13.2 Å². The molecule has 0 radical (unpaired) electrons. The van der Waals surface area contributed by atoms with Gasteiger partial charge in [0.25, 0.3) is 5.91 Å². The van der Waals surface area contributed by atoms with Crippen LogP contribution >= 0.6 is 0 Å². The number of alkyl halides is 3. The predicted molar refractivity (Wildman–Crippen MR) is 103 cm³/mol. The van der Waals surface area contributed by atoms with E-state index in [1.807, 2.05) is 18.2 Å². The van der Waals surface area contributed by atoms with Crippen LogP contribution < -0.4 is 4.74 Å². The summed E-state index contributed by atoms with van der Waals surface area (Å²) < 4.78 is 46.4. The number of halogens is 3. The molecule has 4 rings (SSSR count). The first-order valence-electron chi connectivity index (χ1n) is 9.75. The molecule has 3 heterocycles. The standard InChI is InChI=1S/C21H21F3N4O2/c1-14(30-17-7-3-2-4-8-17)20(29)27-11-5-6-15(12-27)19-26-25-18-10-9-16(13-28(18)19)21(22,23)24/h2-4,7-10,13-15H,5-6,11-12H2,1H3. The molecule has 0 bridgehead atoms. The van der Waals surface area contributed by atoms with E-state index in [0.717, 1.165) is 25.1 Å². The molecule has 1 saturated heterocycles. The molecule has 1 amide bonds. The van der Waals surface area contributed by atoms with Gasteiger partial charge in [-0.1, -0.05) is 18.2 Å². The second-order valence-electron chi connectivity index (χ2n) is 7.40. The molecular formula is C21H21F3N4O2. The largest absolute Gasteiger partial charge is 0.481 e. The molecule has 30 heavy (non-hydrogen) atoms. The van der Waals surface area contributed by atoms with Gasteiger partial charge < -0.3 is 9.64 Å². The third kappa shape index (κ3) is 4.10. The first-order chi connectivity index (χ1) is 14.3. The maximum absolute atomic E-state index is 13.1. The van der Waals surface area contributed by atoms with Crippen LogP contribution in [0.3, 0.4) is 0 Å². The molecule has 2 aromatic heterocycles. The summed E-state index contributed by atoms with van der Waals surface area (Å²) in [6.45, 7) is 2.63. The molecular weight excluding hydrogens is 397 g/mol. The smallest absolute Gasteiger partial charge is 0.417 e. The van der Waals surface area contributed by atoms with E-state index < -0.39 is 17.8 Å². The van der Waals surface area contributed by atoms with Gasteiger partial charge in [0.2, 0.25) is 0 Å². The fraction of sp³-hybridized carbons (Fsp3) is 0.381. The van der Waals surface area contributed by atoms with E-state index in [9.17, 15) is 18.0 Å². The molecule has 0 N–H and O–H groups in total. The lowest BCUT2D eigenvalue weighted by Crippen LogP contribution is -2.45. The molecule has 1 aliphatic heterocycles. The van der Waals surface area contributed by atoms with E-state index in [1.54, 1.807) is 24.0 Å². The van der Waals surface area contributed by atoms with Crippen molar-refractivity contribution in [2.75, 3.05) is 13.1 Å². The van der Waals surface area contributed by atoms with Crippen molar-refractivity contribution in [3.63, 3.8) is 0 Å². The summed E-state index contributed by atoms with van der Waals surface area (Å²) in [5.41, 5.74) is -0.410. The molecule has 2 atom stereocenters. The van der Waals surface area contributed by atoms with Crippen LogP contribution in [0.4, 0.5) is 13.2 Å². The van der Waals surface area contributed by atoms with Crippen molar-refractivity contribution in [1.29, 1.82) is 0 Å². The Bertz CT molecular complexity index is 1040. The summed E-state index contributed by atoms with van der Waals surface area (Å²) in [7, 11) is 0. The minimum Gasteiger partial charge on any atom is -0.481 e. The normalized spacial score (nSPS) is 18.4. The molecule has 1 aromatic carbocycles. The number of fused-ring (bicyclic) bond motifs is 1. The molecule has 0 aliphatic carbocycles. The lowest BCUT2D eigenvalue weighted by molar-refractivity contribution is -0.139. The number of benzene rings is 1. The molecule has 158 valence electrons. The number of piperidine rings is 1. The highest BCUT2D eigenvalue weighted by Crippen LogP contribution is 2.31. The Hall–Kier alpha value is -3.10. The van der Waals surface area contributed by atoms with E-state index in [1.165, 1.54) is 10.5 Å². The van der Waals surface area contributed by atoms with Crippen molar-refractivity contribution in [1.82, 2.24) is 19.5 Å². The van der Waals surface area contributed by atoms with Crippen LogP contribution in [-0.2, 0) is 11.0 Å². The van der Waals surface area contributed by atoms with Crippen LogP contribution in [0, 0.1) is 0 Å². The number of aromatic nitrogens is 3. The van der Waals surface area contributed by atoms with Gasteiger partial charge in [-0.15, -0.1) is 10.2 Å². The van der Waals surface area contributed by atoms with E-state index in [-0.39, 0.29) is 11.8 Å². The summed E-state index contributed by atoms with van der Waals surface area (Å²) in [5.74, 6) is 0.679. The molecule has 9 heteroatoms. The van der Waals surface area contributed by atoms with Crippen LogP contribution in [0.5, 0.6) is 5.75 Å². The average molecular weight is 418 g/mol. The SMILES string of the molecule is CC(Oc1ccccc1)C(=O)N1CCCC(c2nnc3ccc(C(F)(F)F)cn23)C1. The number of carbonyl (C=O) groups is 1. The Balaban J connectivity index is 1.52. The Kier molecular flexibility index (Phi) is 5.36. The van der Waals surface area contributed by atoms with Gasteiger partial charge in [-0.3, -0.25) is 9.20 Å². The number of ether oxygens (including phenoxy) is 1. The van der Waals surface area contributed by atoms with Crippen LogP contribution in [0.15, 0.2) is 48.7 Å². The van der Waals surface area contributed by atoms with Crippen molar-refractivity contribution in [3.8, 4) is 5.75 Å². The van der Waals surface area contributed by atoms with Crippen molar-refractivity contribution >= 4 is 11.6 Å². The fourth-order valence-corrected chi connectivity index (χ4v) is 3.75. The van der Waals surface area contributed by atoms with E-state index in [4.69, 9.17) is 4.74 Å². The Morgan fingerprint density at radius 3 is 2.67 bits per heavy atom. The first kappa shape index (κ1) is 20.2. The van der Waals surface area contributed by atoms with Crippen LogP contribution in [0.1, 0.15) is 37.1 Å². The van der Waals surface area contributed by atoms with Gasteiger partial charge in [0, 0.05) is 25.2 Å². The fourth-order valence-electron chi connectivity index (χ4n) is 3.75.